The summed E-state index contributed by atoms with van der Waals surface area (Å²) in [6.45, 7) is 1.30. The van der Waals surface area contributed by atoms with Gasteiger partial charge in [0.2, 0.25) is 0 Å². The number of hydrogen-bond acceptors (Lipinski definition) is 4. The van der Waals surface area contributed by atoms with Gasteiger partial charge in [0.15, 0.2) is 0 Å². The Morgan fingerprint density at radius 1 is 1.27 bits per heavy atom. The number of rotatable bonds is 7. The molecule has 0 aliphatic rings. The van der Waals surface area contributed by atoms with E-state index in [1.807, 2.05) is 6.07 Å². The Balaban J connectivity index is 2.14. The highest BCUT2D eigenvalue weighted by molar-refractivity contribution is 7.84. The maximum absolute atomic E-state index is 12.6. The van der Waals surface area contributed by atoms with Crippen LogP contribution in [-0.2, 0) is 22.1 Å². The molecular weight excluding hydrogens is 302 g/mol. The van der Waals surface area contributed by atoms with Crippen LogP contribution in [0.1, 0.15) is 16.1 Å². The molecule has 0 spiro atoms. The highest BCUT2D eigenvalue weighted by Crippen LogP contribution is 2.13. The fourth-order valence-electron chi connectivity index (χ4n) is 2.02. The van der Waals surface area contributed by atoms with E-state index in [1.54, 1.807) is 54.9 Å². The van der Waals surface area contributed by atoms with Gasteiger partial charge in [0, 0.05) is 41.2 Å². The Bertz CT molecular complexity index is 622. The summed E-state index contributed by atoms with van der Waals surface area (Å²) in [5.74, 6) is 0.609. The molecule has 0 bridgehead atoms. The maximum atomic E-state index is 12.6. The normalized spacial score (nSPS) is 12.1. The number of furan rings is 1. The van der Waals surface area contributed by atoms with Crippen molar-refractivity contribution in [2.75, 3.05) is 26.5 Å². The second-order valence-electron chi connectivity index (χ2n) is 4.78. The second kappa shape index (κ2) is 7.91. The van der Waals surface area contributed by atoms with Crippen LogP contribution in [-0.4, -0.2) is 41.5 Å². The lowest BCUT2D eigenvalue weighted by Gasteiger charge is -2.21. The van der Waals surface area contributed by atoms with Crippen LogP contribution in [0.5, 0.6) is 0 Å². The predicted octanol–water partition coefficient (Wildman–Crippen LogP) is 2.31. The summed E-state index contributed by atoms with van der Waals surface area (Å²) in [5.41, 5.74) is 0.553. The smallest absolute Gasteiger partial charge is 0.254 e. The summed E-state index contributed by atoms with van der Waals surface area (Å²) >= 11 is 0. The van der Waals surface area contributed by atoms with Crippen LogP contribution >= 0.6 is 0 Å². The molecule has 1 unspecified atom stereocenters. The van der Waals surface area contributed by atoms with Crippen molar-refractivity contribution in [3.05, 3.63) is 54.0 Å². The molecule has 0 N–H and O–H groups in total. The summed E-state index contributed by atoms with van der Waals surface area (Å²) < 4.78 is 21.8. The van der Waals surface area contributed by atoms with Crippen LogP contribution in [0.15, 0.2) is 52.0 Å². The number of ether oxygens (including phenoxy) is 1. The van der Waals surface area contributed by atoms with Crippen molar-refractivity contribution < 1.29 is 18.2 Å². The second-order valence-corrected chi connectivity index (χ2v) is 6.16. The van der Waals surface area contributed by atoms with E-state index in [4.69, 9.17) is 9.15 Å². The molecule has 1 amide bonds. The molecule has 0 saturated carbocycles. The summed E-state index contributed by atoms with van der Waals surface area (Å²) in [7, 11) is 0.546. The third-order valence-electron chi connectivity index (χ3n) is 3.21. The highest BCUT2D eigenvalue weighted by Gasteiger charge is 2.17. The molecule has 1 aromatic carbocycles. The first-order chi connectivity index (χ1) is 10.6. The van der Waals surface area contributed by atoms with Crippen molar-refractivity contribution in [3.8, 4) is 0 Å². The van der Waals surface area contributed by atoms with Crippen LogP contribution in [0.4, 0.5) is 0 Å². The standard InChI is InChI=1S/C16H19NO4S/c1-20-11-9-17(12-14-4-3-10-21-14)16(18)13-5-7-15(8-6-13)22(2)19/h3-8,10H,9,11-12H2,1-2H3. The molecule has 118 valence electrons. The quantitative estimate of drug-likeness (QED) is 0.785. The topological polar surface area (TPSA) is 59.8 Å². The van der Waals surface area contributed by atoms with Crippen molar-refractivity contribution in [3.63, 3.8) is 0 Å². The molecule has 0 fully saturated rings. The molecule has 2 aromatic rings. The van der Waals surface area contributed by atoms with Crippen LogP contribution in [0, 0.1) is 0 Å². The number of hydrogen-bond donors (Lipinski definition) is 0. The number of amides is 1. The largest absolute Gasteiger partial charge is 0.467 e. The fourth-order valence-corrected chi connectivity index (χ4v) is 2.54. The lowest BCUT2D eigenvalue weighted by atomic mass is 10.2. The molecule has 0 saturated heterocycles. The van der Waals surface area contributed by atoms with Crippen molar-refractivity contribution >= 4 is 16.7 Å². The predicted molar refractivity (Wildman–Crippen MR) is 84.1 cm³/mol. The Morgan fingerprint density at radius 3 is 2.55 bits per heavy atom. The third-order valence-corrected chi connectivity index (χ3v) is 4.15. The molecule has 1 heterocycles. The first kappa shape index (κ1) is 16.5. The third kappa shape index (κ3) is 4.29. The van der Waals surface area contributed by atoms with E-state index < -0.39 is 10.8 Å². The van der Waals surface area contributed by atoms with Gasteiger partial charge in [-0.15, -0.1) is 0 Å². The van der Waals surface area contributed by atoms with E-state index in [9.17, 15) is 9.00 Å². The summed E-state index contributed by atoms with van der Waals surface area (Å²) in [5, 5.41) is 0. The van der Waals surface area contributed by atoms with Gasteiger partial charge in [0.1, 0.15) is 5.76 Å². The Kier molecular flexibility index (Phi) is 5.91. The summed E-state index contributed by atoms with van der Waals surface area (Å²) in [6.07, 6.45) is 3.19. The molecule has 5 nitrogen and oxygen atoms in total. The van der Waals surface area contributed by atoms with E-state index in [-0.39, 0.29) is 5.91 Å². The van der Waals surface area contributed by atoms with Gasteiger partial charge in [0.25, 0.3) is 5.91 Å². The van der Waals surface area contributed by atoms with Crippen LogP contribution in [0.25, 0.3) is 0 Å². The van der Waals surface area contributed by atoms with Gasteiger partial charge in [-0.25, -0.2) is 0 Å². The van der Waals surface area contributed by atoms with Gasteiger partial charge in [0.05, 0.1) is 19.4 Å². The van der Waals surface area contributed by atoms with Gasteiger partial charge in [-0.1, -0.05) is 0 Å². The molecule has 6 heteroatoms. The van der Waals surface area contributed by atoms with Crippen LogP contribution in [0.3, 0.4) is 0 Å². The van der Waals surface area contributed by atoms with Crippen LogP contribution < -0.4 is 0 Å². The van der Waals surface area contributed by atoms with Gasteiger partial charge < -0.3 is 14.1 Å². The maximum Gasteiger partial charge on any atom is 0.254 e. The lowest BCUT2D eigenvalue weighted by molar-refractivity contribution is 0.0666. The van der Waals surface area contributed by atoms with Crippen molar-refractivity contribution in [2.45, 2.75) is 11.4 Å². The molecule has 2 rings (SSSR count). The molecule has 0 aliphatic heterocycles. The first-order valence-electron chi connectivity index (χ1n) is 6.86. The Hall–Kier alpha value is -1.92. The van der Waals surface area contributed by atoms with Gasteiger partial charge >= 0.3 is 0 Å². The fraction of sp³-hybridized carbons (Fsp3) is 0.312. The molecule has 0 aliphatic carbocycles. The zero-order chi connectivity index (χ0) is 15.9. The molecule has 1 aromatic heterocycles. The van der Waals surface area contributed by atoms with Gasteiger partial charge in [-0.2, -0.15) is 0 Å². The van der Waals surface area contributed by atoms with E-state index in [2.05, 4.69) is 0 Å². The van der Waals surface area contributed by atoms with E-state index >= 15 is 0 Å². The highest BCUT2D eigenvalue weighted by atomic mass is 32.2. The van der Waals surface area contributed by atoms with Crippen LogP contribution in [0.2, 0.25) is 0 Å². The number of benzene rings is 1. The summed E-state index contributed by atoms with van der Waals surface area (Å²) in [4.78, 5) is 15.0. The molecule has 22 heavy (non-hydrogen) atoms. The van der Waals surface area contributed by atoms with Crippen molar-refractivity contribution in [2.24, 2.45) is 0 Å². The Labute approximate surface area is 132 Å². The van der Waals surface area contributed by atoms with E-state index in [1.165, 1.54) is 0 Å². The molecular formula is C16H19NO4S. The number of carbonyl (C=O) groups is 1. The average molecular weight is 321 g/mol. The zero-order valence-electron chi connectivity index (χ0n) is 12.7. The van der Waals surface area contributed by atoms with Crippen molar-refractivity contribution in [1.29, 1.82) is 0 Å². The van der Waals surface area contributed by atoms with Gasteiger partial charge in [-0.3, -0.25) is 9.00 Å². The number of carbonyl (C=O) groups excluding carboxylic acids is 1. The minimum Gasteiger partial charge on any atom is -0.467 e. The van der Waals surface area contributed by atoms with E-state index in [0.29, 0.717) is 30.2 Å². The van der Waals surface area contributed by atoms with Crippen molar-refractivity contribution in [1.82, 2.24) is 4.90 Å². The minimum absolute atomic E-state index is 0.109. The number of methoxy groups -OCH3 is 1. The molecule has 1 atom stereocenters. The number of nitrogens with zero attached hydrogens (tertiary/aromatic N) is 1. The minimum atomic E-state index is -1.05. The van der Waals surface area contributed by atoms with E-state index in [0.717, 1.165) is 5.76 Å². The lowest BCUT2D eigenvalue weighted by Crippen LogP contribution is -2.33. The zero-order valence-corrected chi connectivity index (χ0v) is 13.5. The van der Waals surface area contributed by atoms with Gasteiger partial charge in [-0.05, 0) is 36.4 Å². The average Bonchev–Trinajstić information content (AvgIpc) is 3.04. The first-order valence-corrected chi connectivity index (χ1v) is 8.41. The molecule has 0 radical (unpaired) electrons. The monoisotopic (exact) mass is 321 g/mol. The summed E-state index contributed by atoms with van der Waals surface area (Å²) in [6, 6.07) is 10.4. The Morgan fingerprint density at radius 2 is 2.00 bits per heavy atom. The SMILES string of the molecule is COCCN(Cc1ccco1)C(=O)c1ccc(S(C)=O)cc1.